The van der Waals surface area contributed by atoms with Gasteiger partial charge in [0.1, 0.15) is 6.04 Å². The highest BCUT2D eigenvalue weighted by molar-refractivity contribution is 7.80. The molecule has 1 unspecified atom stereocenters. The van der Waals surface area contributed by atoms with Gasteiger partial charge in [-0.05, 0) is 50.3 Å². The van der Waals surface area contributed by atoms with Crippen molar-refractivity contribution in [2.75, 3.05) is 24.5 Å². The summed E-state index contributed by atoms with van der Waals surface area (Å²) in [5.41, 5.74) is 0.844. The Labute approximate surface area is 136 Å². The number of carbonyl (C=O) groups excluding carboxylic acids is 1. The lowest BCUT2D eigenvalue weighted by Gasteiger charge is -2.28. The maximum Gasteiger partial charge on any atom is 0.257 e. The van der Waals surface area contributed by atoms with Gasteiger partial charge in [-0.1, -0.05) is 24.6 Å². The molecule has 2 aliphatic heterocycles. The molecule has 0 aromatic heterocycles. The summed E-state index contributed by atoms with van der Waals surface area (Å²) in [6.07, 6.45) is 3.76. The number of likely N-dealkylation sites (tertiary alicyclic amines) is 1. The molecule has 1 atom stereocenters. The van der Waals surface area contributed by atoms with Crippen molar-refractivity contribution in [1.29, 1.82) is 0 Å². The second kappa shape index (κ2) is 7.20. The van der Waals surface area contributed by atoms with Crippen molar-refractivity contribution in [3.8, 4) is 0 Å². The summed E-state index contributed by atoms with van der Waals surface area (Å²) in [7, 11) is 0. The van der Waals surface area contributed by atoms with Crippen LogP contribution in [0.3, 0.4) is 0 Å². The van der Waals surface area contributed by atoms with Crippen LogP contribution in [0.25, 0.3) is 0 Å². The average Bonchev–Trinajstić information content (AvgIpc) is 2.75. The van der Waals surface area contributed by atoms with Crippen molar-refractivity contribution in [1.82, 2.24) is 10.2 Å². The van der Waals surface area contributed by atoms with Crippen LogP contribution in [0.1, 0.15) is 19.3 Å². The number of piperidine rings is 1. The molecule has 0 radical (unpaired) electrons. The van der Waals surface area contributed by atoms with Crippen LogP contribution in [0, 0.1) is 0 Å². The van der Waals surface area contributed by atoms with E-state index in [2.05, 4.69) is 10.2 Å². The summed E-state index contributed by atoms with van der Waals surface area (Å²) < 4.78 is 0. The zero-order valence-electron chi connectivity index (χ0n) is 11.8. The number of halogens is 1. The molecule has 6 heteroatoms. The number of nitrogens with one attached hydrogen (secondary N) is 1. The van der Waals surface area contributed by atoms with Crippen LogP contribution in [-0.2, 0) is 4.79 Å². The van der Waals surface area contributed by atoms with Gasteiger partial charge < -0.3 is 10.2 Å². The van der Waals surface area contributed by atoms with E-state index in [4.69, 9.17) is 12.2 Å². The molecule has 1 N–H and O–H groups in total. The van der Waals surface area contributed by atoms with Crippen LogP contribution < -0.4 is 10.2 Å². The second-order valence-electron chi connectivity index (χ2n) is 5.37. The lowest BCUT2D eigenvalue weighted by atomic mass is 10.1. The summed E-state index contributed by atoms with van der Waals surface area (Å²) >= 11 is 5.32. The number of hydrogen-bond donors (Lipinski definition) is 1. The molecule has 3 rings (SSSR count). The Hall–Kier alpha value is -1.17. The van der Waals surface area contributed by atoms with E-state index in [1.54, 1.807) is 4.90 Å². The molecular weight excluding hydrogens is 306 g/mol. The largest absolute Gasteiger partial charge is 0.349 e. The van der Waals surface area contributed by atoms with Crippen LogP contribution in [0.5, 0.6) is 0 Å². The molecule has 114 valence electrons. The number of carbonyl (C=O) groups is 1. The highest BCUT2D eigenvalue weighted by Gasteiger charge is 2.37. The summed E-state index contributed by atoms with van der Waals surface area (Å²) in [6.45, 7) is 2.93. The Bertz CT molecular complexity index is 505. The molecule has 0 bridgehead atoms. The molecule has 0 spiro atoms. The summed E-state index contributed by atoms with van der Waals surface area (Å²) in [4.78, 5) is 16.5. The van der Waals surface area contributed by atoms with Crippen molar-refractivity contribution < 1.29 is 4.79 Å². The van der Waals surface area contributed by atoms with Gasteiger partial charge in [0.25, 0.3) is 5.91 Å². The molecule has 2 aliphatic rings. The Balaban J connectivity index is 0.00000161. The van der Waals surface area contributed by atoms with Crippen molar-refractivity contribution in [2.24, 2.45) is 0 Å². The van der Waals surface area contributed by atoms with E-state index >= 15 is 0 Å². The lowest BCUT2D eigenvalue weighted by molar-refractivity contribution is -0.118. The molecule has 1 amide bonds. The third-order valence-corrected chi connectivity index (χ3v) is 4.22. The van der Waals surface area contributed by atoms with E-state index in [0.717, 1.165) is 25.3 Å². The zero-order valence-corrected chi connectivity index (χ0v) is 13.5. The third-order valence-electron chi connectivity index (χ3n) is 3.92. The fraction of sp³-hybridized carbons (Fsp3) is 0.467. The smallest absolute Gasteiger partial charge is 0.257 e. The SMILES string of the molecule is Cl.O=C1C(CN2CCCCC2)NC(=S)N1c1ccccc1. The summed E-state index contributed by atoms with van der Waals surface area (Å²) in [5, 5.41) is 3.68. The standard InChI is InChI=1S/C15H19N3OS.ClH/c19-14-13(11-17-9-5-2-6-10-17)16-15(20)18(14)12-7-3-1-4-8-12;/h1,3-4,7-8,13H,2,5-6,9-11H2,(H,16,20);1H. The number of nitrogens with zero attached hydrogens (tertiary/aromatic N) is 2. The van der Waals surface area contributed by atoms with Gasteiger partial charge in [0, 0.05) is 6.54 Å². The highest BCUT2D eigenvalue weighted by Crippen LogP contribution is 2.20. The Morgan fingerprint density at radius 2 is 1.81 bits per heavy atom. The van der Waals surface area contributed by atoms with Gasteiger partial charge in [-0.15, -0.1) is 12.4 Å². The number of rotatable bonds is 3. The summed E-state index contributed by atoms with van der Waals surface area (Å²) in [6, 6.07) is 9.39. The predicted octanol–water partition coefficient (Wildman–Crippen LogP) is 2.18. The maximum atomic E-state index is 12.5. The molecule has 0 saturated carbocycles. The first kappa shape index (κ1) is 16.2. The molecule has 1 aromatic rings. The fourth-order valence-corrected chi connectivity index (χ4v) is 3.21. The van der Waals surface area contributed by atoms with E-state index in [1.807, 2.05) is 30.3 Å². The minimum Gasteiger partial charge on any atom is -0.349 e. The van der Waals surface area contributed by atoms with Gasteiger partial charge in [0.2, 0.25) is 0 Å². The highest BCUT2D eigenvalue weighted by atomic mass is 35.5. The van der Waals surface area contributed by atoms with E-state index in [-0.39, 0.29) is 24.4 Å². The first-order valence-electron chi connectivity index (χ1n) is 7.17. The number of hydrogen-bond acceptors (Lipinski definition) is 3. The van der Waals surface area contributed by atoms with Gasteiger partial charge in [-0.25, -0.2) is 0 Å². The van der Waals surface area contributed by atoms with Crippen molar-refractivity contribution >= 4 is 41.3 Å². The first-order valence-corrected chi connectivity index (χ1v) is 7.58. The van der Waals surface area contributed by atoms with Gasteiger partial charge in [0.05, 0.1) is 5.69 Å². The Morgan fingerprint density at radius 3 is 2.48 bits per heavy atom. The van der Waals surface area contributed by atoms with E-state index < -0.39 is 0 Å². The van der Waals surface area contributed by atoms with Crippen LogP contribution in [-0.4, -0.2) is 41.6 Å². The third kappa shape index (κ3) is 3.54. The maximum absolute atomic E-state index is 12.5. The quantitative estimate of drug-likeness (QED) is 0.864. The molecule has 0 aliphatic carbocycles. The molecule has 4 nitrogen and oxygen atoms in total. The van der Waals surface area contributed by atoms with Crippen molar-refractivity contribution in [3.05, 3.63) is 30.3 Å². The molecule has 2 heterocycles. The predicted molar refractivity (Wildman–Crippen MR) is 91.0 cm³/mol. The zero-order chi connectivity index (χ0) is 13.9. The molecular formula is C15H20ClN3OS. The Morgan fingerprint density at radius 1 is 1.14 bits per heavy atom. The van der Waals surface area contributed by atoms with E-state index in [9.17, 15) is 4.79 Å². The van der Waals surface area contributed by atoms with Gasteiger partial charge in [-0.2, -0.15) is 0 Å². The minimum atomic E-state index is -0.208. The van der Waals surface area contributed by atoms with Crippen LogP contribution in [0.15, 0.2) is 30.3 Å². The molecule has 2 fully saturated rings. The summed E-state index contributed by atoms with van der Waals surface area (Å²) in [5.74, 6) is 0.0618. The molecule has 1 aromatic carbocycles. The van der Waals surface area contributed by atoms with Gasteiger partial charge in [-0.3, -0.25) is 9.69 Å². The van der Waals surface area contributed by atoms with Crippen molar-refractivity contribution in [3.63, 3.8) is 0 Å². The number of para-hydroxylation sites is 1. The van der Waals surface area contributed by atoms with Crippen LogP contribution in [0.2, 0.25) is 0 Å². The van der Waals surface area contributed by atoms with Crippen LogP contribution in [0.4, 0.5) is 5.69 Å². The normalized spacial score (nSPS) is 22.9. The first-order chi connectivity index (χ1) is 9.75. The number of benzene rings is 1. The second-order valence-corrected chi connectivity index (χ2v) is 5.76. The molecule has 21 heavy (non-hydrogen) atoms. The van der Waals surface area contributed by atoms with Crippen LogP contribution >= 0.6 is 24.6 Å². The minimum absolute atomic E-state index is 0. The topological polar surface area (TPSA) is 35.6 Å². The lowest BCUT2D eigenvalue weighted by Crippen LogP contribution is -2.44. The van der Waals surface area contributed by atoms with Crippen molar-refractivity contribution in [2.45, 2.75) is 25.3 Å². The Kier molecular flexibility index (Phi) is 5.56. The number of amides is 1. The van der Waals surface area contributed by atoms with Gasteiger partial charge in [0.15, 0.2) is 5.11 Å². The number of thiocarbonyl (C=S) groups is 1. The monoisotopic (exact) mass is 325 g/mol. The number of anilines is 1. The van der Waals surface area contributed by atoms with E-state index in [0.29, 0.717) is 5.11 Å². The molecule has 2 saturated heterocycles. The fourth-order valence-electron chi connectivity index (χ4n) is 2.88. The average molecular weight is 326 g/mol. The van der Waals surface area contributed by atoms with Gasteiger partial charge >= 0.3 is 0 Å². The van der Waals surface area contributed by atoms with E-state index in [1.165, 1.54) is 19.3 Å².